The van der Waals surface area contributed by atoms with E-state index in [1.165, 1.54) is 0 Å². The van der Waals surface area contributed by atoms with Crippen LogP contribution in [0.25, 0.3) is 11.0 Å². The maximum atomic E-state index is 12.5. The molecule has 2 aromatic carbocycles. The third-order valence-electron chi connectivity index (χ3n) is 5.70. The number of hydrogen-bond acceptors (Lipinski definition) is 5. The predicted octanol–water partition coefficient (Wildman–Crippen LogP) is 3.58. The molecule has 1 aliphatic heterocycles. The number of nitrogens with one attached hydrogen (secondary N) is 1. The molecule has 32 heavy (non-hydrogen) atoms. The maximum Gasteiger partial charge on any atom is 0.409 e. The number of anilines is 1. The second-order valence-corrected chi connectivity index (χ2v) is 7.76. The fourth-order valence-electron chi connectivity index (χ4n) is 4.03. The lowest BCUT2D eigenvalue weighted by atomic mass is 10.2. The third kappa shape index (κ3) is 4.75. The van der Waals surface area contributed by atoms with Crippen LogP contribution in [0, 0.1) is 0 Å². The van der Waals surface area contributed by atoms with E-state index in [1.807, 2.05) is 43.3 Å². The van der Waals surface area contributed by atoms with Gasteiger partial charge < -0.3 is 19.5 Å². The Morgan fingerprint density at radius 1 is 1.03 bits per heavy atom. The molecule has 0 atom stereocenters. The van der Waals surface area contributed by atoms with E-state index in [0.717, 1.165) is 42.2 Å². The van der Waals surface area contributed by atoms with Gasteiger partial charge in [-0.05, 0) is 44.2 Å². The molecule has 168 valence electrons. The zero-order valence-corrected chi connectivity index (χ0v) is 18.6. The van der Waals surface area contributed by atoms with Gasteiger partial charge in [0, 0.05) is 44.0 Å². The molecular formula is C24H29N5O3. The minimum absolute atomic E-state index is 0.139. The van der Waals surface area contributed by atoms with Gasteiger partial charge in [-0.25, -0.2) is 9.78 Å². The lowest BCUT2D eigenvalue weighted by molar-refractivity contribution is 0.0769. The quantitative estimate of drug-likeness (QED) is 0.640. The molecule has 2 amide bonds. The van der Waals surface area contributed by atoms with Crippen LogP contribution in [0.15, 0.2) is 48.5 Å². The molecule has 8 nitrogen and oxygen atoms in total. The zero-order chi connectivity index (χ0) is 22.5. The van der Waals surface area contributed by atoms with Crippen LogP contribution >= 0.6 is 0 Å². The third-order valence-corrected chi connectivity index (χ3v) is 5.70. The summed E-state index contributed by atoms with van der Waals surface area (Å²) in [6.07, 6.45) is -0.238. The number of carbonyl (C=O) groups is 2. The van der Waals surface area contributed by atoms with Crippen LogP contribution in [-0.2, 0) is 17.8 Å². The van der Waals surface area contributed by atoms with Gasteiger partial charge in [-0.15, -0.1) is 0 Å². The van der Waals surface area contributed by atoms with E-state index in [9.17, 15) is 9.59 Å². The van der Waals surface area contributed by atoms with Crippen molar-refractivity contribution in [2.75, 3.05) is 38.1 Å². The molecule has 0 unspecified atom stereocenters. The van der Waals surface area contributed by atoms with Crippen molar-refractivity contribution in [3.8, 4) is 0 Å². The van der Waals surface area contributed by atoms with Crippen molar-refractivity contribution in [2.24, 2.45) is 0 Å². The zero-order valence-electron chi connectivity index (χ0n) is 18.6. The van der Waals surface area contributed by atoms with Gasteiger partial charge in [0.25, 0.3) is 5.91 Å². The van der Waals surface area contributed by atoms with Crippen molar-refractivity contribution >= 4 is 28.7 Å². The highest BCUT2D eigenvalue weighted by atomic mass is 16.6. The topological polar surface area (TPSA) is 79.7 Å². The average Bonchev–Trinajstić information content (AvgIpc) is 3.16. The number of benzene rings is 2. The Labute approximate surface area is 187 Å². The Balaban J connectivity index is 1.46. The van der Waals surface area contributed by atoms with Gasteiger partial charge in [-0.3, -0.25) is 9.69 Å². The van der Waals surface area contributed by atoms with Crippen LogP contribution in [-0.4, -0.2) is 64.1 Å². The number of carbonyl (C=O) groups excluding carboxylic acids is 2. The molecule has 0 radical (unpaired) electrons. The highest BCUT2D eigenvalue weighted by Gasteiger charge is 2.23. The van der Waals surface area contributed by atoms with E-state index < -0.39 is 0 Å². The summed E-state index contributed by atoms with van der Waals surface area (Å²) in [5, 5.41) is 2.96. The molecule has 0 bridgehead atoms. The largest absolute Gasteiger partial charge is 0.450 e. The Morgan fingerprint density at radius 2 is 1.78 bits per heavy atom. The summed E-state index contributed by atoms with van der Waals surface area (Å²) in [5.74, 6) is 0.846. The van der Waals surface area contributed by atoms with E-state index in [0.29, 0.717) is 31.8 Å². The second kappa shape index (κ2) is 9.82. The summed E-state index contributed by atoms with van der Waals surface area (Å²) in [5.41, 5.74) is 3.25. The number of fused-ring (bicyclic) bond motifs is 1. The Hall–Kier alpha value is -3.39. The fraction of sp³-hybridized carbons (Fsp3) is 0.375. The van der Waals surface area contributed by atoms with Crippen LogP contribution in [0.3, 0.4) is 0 Å². The first-order valence-corrected chi connectivity index (χ1v) is 11.1. The van der Waals surface area contributed by atoms with Crippen LogP contribution in [0.1, 0.15) is 30.0 Å². The molecule has 3 aromatic rings. The van der Waals surface area contributed by atoms with E-state index in [1.54, 1.807) is 17.0 Å². The highest BCUT2D eigenvalue weighted by Crippen LogP contribution is 2.22. The monoisotopic (exact) mass is 435 g/mol. The maximum absolute atomic E-state index is 12.5. The van der Waals surface area contributed by atoms with Gasteiger partial charge >= 0.3 is 6.09 Å². The molecule has 1 aliphatic rings. The van der Waals surface area contributed by atoms with Crippen molar-refractivity contribution < 1.29 is 14.3 Å². The van der Waals surface area contributed by atoms with Crippen LogP contribution in [0.4, 0.5) is 10.5 Å². The summed E-state index contributed by atoms with van der Waals surface area (Å²) in [4.78, 5) is 33.3. The number of aromatic nitrogens is 2. The number of ether oxygens (including phenoxy) is 1. The molecule has 0 saturated carbocycles. The summed E-state index contributed by atoms with van der Waals surface area (Å²) >= 11 is 0. The number of aryl methyl sites for hydroxylation is 1. The van der Waals surface area contributed by atoms with Crippen molar-refractivity contribution in [1.29, 1.82) is 0 Å². The first kappa shape index (κ1) is 21.8. The van der Waals surface area contributed by atoms with Gasteiger partial charge in [-0.1, -0.05) is 18.2 Å². The van der Waals surface area contributed by atoms with Crippen LogP contribution in [0.5, 0.6) is 0 Å². The Morgan fingerprint density at radius 3 is 2.47 bits per heavy atom. The van der Waals surface area contributed by atoms with Gasteiger partial charge in [-0.2, -0.15) is 0 Å². The van der Waals surface area contributed by atoms with Crippen molar-refractivity contribution in [2.45, 2.75) is 26.9 Å². The molecule has 8 heteroatoms. The predicted molar refractivity (Wildman–Crippen MR) is 124 cm³/mol. The lowest BCUT2D eigenvalue weighted by Gasteiger charge is -2.33. The van der Waals surface area contributed by atoms with Gasteiger partial charge in [0.05, 0.1) is 24.2 Å². The smallest absolute Gasteiger partial charge is 0.409 e. The van der Waals surface area contributed by atoms with Gasteiger partial charge in [0.2, 0.25) is 0 Å². The molecule has 4 rings (SSSR count). The van der Waals surface area contributed by atoms with Gasteiger partial charge in [0.1, 0.15) is 5.82 Å². The normalized spacial score (nSPS) is 14.5. The molecule has 1 N–H and O–H groups in total. The van der Waals surface area contributed by atoms with Gasteiger partial charge in [0.15, 0.2) is 0 Å². The first-order chi connectivity index (χ1) is 15.6. The minimum Gasteiger partial charge on any atom is -0.450 e. The average molecular weight is 436 g/mol. The lowest BCUT2D eigenvalue weighted by Crippen LogP contribution is -2.48. The molecule has 1 fully saturated rings. The Bertz CT molecular complexity index is 1090. The standard InChI is InChI=1S/C24H29N5O3/c1-3-29-21-11-10-19(25-23(30)18-8-6-5-7-9-18)16-20(21)26-22(29)17-27-12-14-28(15-13-27)24(31)32-4-2/h5-11,16H,3-4,12-15,17H2,1-2H3,(H,25,30). The first-order valence-electron chi connectivity index (χ1n) is 11.1. The number of rotatable bonds is 6. The van der Waals surface area contributed by atoms with E-state index in [2.05, 4.69) is 21.7 Å². The number of amides is 2. The number of hydrogen-bond donors (Lipinski definition) is 1. The summed E-state index contributed by atoms with van der Waals surface area (Å²) in [6.45, 7) is 8.72. The number of imidazole rings is 1. The fourth-order valence-corrected chi connectivity index (χ4v) is 4.03. The van der Waals surface area contributed by atoms with E-state index >= 15 is 0 Å². The molecular weight excluding hydrogens is 406 g/mol. The molecule has 0 spiro atoms. The number of nitrogens with zero attached hydrogens (tertiary/aromatic N) is 4. The molecule has 1 saturated heterocycles. The van der Waals surface area contributed by atoms with E-state index in [4.69, 9.17) is 9.72 Å². The summed E-state index contributed by atoms with van der Waals surface area (Å²) in [7, 11) is 0. The van der Waals surface area contributed by atoms with Crippen molar-refractivity contribution in [1.82, 2.24) is 19.4 Å². The summed E-state index contributed by atoms with van der Waals surface area (Å²) < 4.78 is 7.30. The minimum atomic E-state index is -0.238. The van der Waals surface area contributed by atoms with E-state index in [-0.39, 0.29) is 12.0 Å². The Kier molecular flexibility index (Phi) is 6.70. The van der Waals surface area contributed by atoms with Crippen LogP contribution in [0.2, 0.25) is 0 Å². The molecule has 1 aromatic heterocycles. The number of piperazine rings is 1. The highest BCUT2D eigenvalue weighted by molar-refractivity contribution is 6.04. The molecule has 0 aliphatic carbocycles. The second-order valence-electron chi connectivity index (χ2n) is 7.76. The van der Waals surface area contributed by atoms with Crippen LogP contribution < -0.4 is 5.32 Å². The molecule has 2 heterocycles. The SMILES string of the molecule is CCOC(=O)N1CCN(Cc2nc3cc(NC(=O)c4ccccc4)ccc3n2CC)CC1. The van der Waals surface area contributed by atoms with Crippen molar-refractivity contribution in [3.05, 3.63) is 59.9 Å². The van der Waals surface area contributed by atoms with Crippen molar-refractivity contribution in [3.63, 3.8) is 0 Å². The summed E-state index contributed by atoms with van der Waals surface area (Å²) in [6, 6.07) is 15.0.